The molecular formula is C15H18N2O5S. The van der Waals surface area contributed by atoms with E-state index >= 15 is 0 Å². The highest BCUT2D eigenvalue weighted by molar-refractivity contribution is 7.92. The Balaban J connectivity index is 2.61. The second kappa shape index (κ2) is 6.57. The van der Waals surface area contributed by atoms with Gasteiger partial charge in [0.05, 0.1) is 15.7 Å². The van der Waals surface area contributed by atoms with Gasteiger partial charge in [-0.2, -0.15) is 0 Å². The molecule has 0 bridgehead atoms. The Morgan fingerprint density at radius 3 is 2.43 bits per heavy atom. The number of nitrogens with zero attached hydrogens (tertiary/aromatic N) is 2. The number of carbonyl (C=O) groups excluding carboxylic acids is 1. The largest absolute Gasteiger partial charge is 0.288 e. The van der Waals surface area contributed by atoms with E-state index in [0.29, 0.717) is 18.4 Å². The molecule has 0 aliphatic heterocycles. The fourth-order valence-corrected chi connectivity index (χ4v) is 4.99. The number of amides is 1. The van der Waals surface area contributed by atoms with Gasteiger partial charge in [0.1, 0.15) is 4.90 Å². The number of hydrogen-bond donors (Lipinski definition) is 0. The molecule has 1 aliphatic rings. The minimum Gasteiger partial charge on any atom is -0.267 e. The lowest BCUT2D eigenvalue weighted by molar-refractivity contribution is -0.387. The van der Waals surface area contributed by atoms with Gasteiger partial charge in [-0.05, 0) is 38.1 Å². The van der Waals surface area contributed by atoms with Crippen molar-refractivity contribution in [3.63, 3.8) is 0 Å². The number of sulfone groups is 1. The molecule has 124 valence electrons. The number of nitro groups is 1. The minimum atomic E-state index is -3.81. The van der Waals surface area contributed by atoms with Crippen LogP contribution in [-0.4, -0.2) is 31.2 Å². The average molecular weight is 338 g/mol. The summed E-state index contributed by atoms with van der Waals surface area (Å²) in [6, 6.07) is 2.20. The van der Waals surface area contributed by atoms with E-state index in [1.54, 1.807) is 0 Å². The summed E-state index contributed by atoms with van der Waals surface area (Å²) in [6.45, 7) is 4.64. The van der Waals surface area contributed by atoms with Gasteiger partial charge < -0.3 is 0 Å². The topological polar surface area (TPSA) is 107 Å². The zero-order valence-corrected chi connectivity index (χ0v) is 13.6. The van der Waals surface area contributed by atoms with E-state index in [9.17, 15) is 23.3 Å². The van der Waals surface area contributed by atoms with Crippen molar-refractivity contribution in [3.05, 3.63) is 33.4 Å². The number of carbonyl (C=O) groups is 1. The monoisotopic (exact) mass is 338 g/mol. The number of hydrogen-bond acceptors (Lipinski definition) is 5. The molecule has 0 unspecified atom stereocenters. The molecule has 1 saturated carbocycles. The van der Waals surface area contributed by atoms with Gasteiger partial charge in [0.25, 0.3) is 11.6 Å². The minimum absolute atomic E-state index is 0.00528. The van der Waals surface area contributed by atoms with Crippen LogP contribution in [0.5, 0.6) is 0 Å². The average Bonchev–Trinajstić information content (AvgIpc) is 2.54. The van der Waals surface area contributed by atoms with E-state index in [-0.39, 0.29) is 10.5 Å². The highest BCUT2D eigenvalue weighted by Crippen LogP contribution is 2.35. The van der Waals surface area contributed by atoms with E-state index in [1.807, 2.05) is 0 Å². The van der Waals surface area contributed by atoms with Crippen LogP contribution < -0.4 is 0 Å². The lowest BCUT2D eigenvalue weighted by Crippen LogP contribution is -2.25. The summed E-state index contributed by atoms with van der Waals surface area (Å²) in [7, 11) is -3.81. The Hall–Kier alpha value is -2.09. The van der Waals surface area contributed by atoms with Gasteiger partial charge in [0.15, 0.2) is 9.84 Å². The zero-order valence-electron chi connectivity index (χ0n) is 12.8. The molecule has 2 rings (SSSR count). The molecule has 0 saturated heterocycles. The molecule has 1 fully saturated rings. The molecule has 1 aliphatic carbocycles. The summed E-state index contributed by atoms with van der Waals surface area (Å²) in [5.74, 6) is -0.716. The van der Waals surface area contributed by atoms with Gasteiger partial charge in [-0.15, -0.1) is 0 Å². The molecule has 1 aromatic carbocycles. The first-order valence-corrected chi connectivity index (χ1v) is 8.87. The normalized spacial score (nSPS) is 16.0. The van der Waals surface area contributed by atoms with Crippen molar-refractivity contribution in [1.29, 1.82) is 0 Å². The van der Waals surface area contributed by atoms with Crippen LogP contribution in [0.15, 0.2) is 22.0 Å². The number of nitro benzene ring substituents is 1. The molecule has 0 heterocycles. The molecule has 0 N–H and O–H groups in total. The Morgan fingerprint density at radius 2 is 1.91 bits per heavy atom. The van der Waals surface area contributed by atoms with Gasteiger partial charge in [0, 0.05) is 6.07 Å². The summed E-state index contributed by atoms with van der Waals surface area (Å²) in [4.78, 5) is 25.1. The molecule has 0 aromatic heterocycles. The molecule has 0 atom stereocenters. The van der Waals surface area contributed by atoms with Crippen LogP contribution in [0.4, 0.5) is 5.69 Å². The smallest absolute Gasteiger partial charge is 0.267 e. The lowest BCUT2D eigenvalue weighted by atomic mass is 10.0. The van der Waals surface area contributed by atoms with Crippen molar-refractivity contribution in [2.45, 2.75) is 49.2 Å². The molecule has 1 aromatic rings. The Bertz CT molecular complexity index is 764. The van der Waals surface area contributed by atoms with E-state index in [4.69, 9.17) is 0 Å². The fraction of sp³-hybridized carbons (Fsp3) is 0.467. The maximum atomic E-state index is 12.8. The highest BCUT2D eigenvalue weighted by Gasteiger charge is 2.35. The Labute approximate surface area is 134 Å². The Morgan fingerprint density at radius 1 is 1.30 bits per heavy atom. The molecule has 0 spiro atoms. The predicted octanol–water partition coefficient (Wildman–Crippen LogP) is 2.85. The second-order valence-electron chi connectivity index (χ2n) is 5.66. The van der Waals surface area contributed by atoms with Crippen molar-refractivity contribution in [3.8, 4) is 0 Å². The molecule has 0 radical (unpaired) electrons. The predicted molar refractivity (Wildman–Crippen MR) is 85.8 cm³/mol. The SMILES string of the molecule is C=NC(=O)c1cc([N+](=O)[O-])c(S(=O)(=O)C2CCCCC2)cc1C. The quantitative estimate of drug-likeness (QED) is 0.476. The standard InChI is InChI=1S/C15H18N2O5S/c1-10-8-14(23(21,22)11-6-4-3-5-7-11)13(17(19)20)9-12(10)15(18)16-2/h8-9,11H,2-7H2,1H3. The highest BCUT2D eigenvalue weighted by atomic mass is 32.2. The molecule has 1 amide bonds. The summed E-state index contributed by atoms with van der Waals surface area (Å²) in [5, 5.41) is 10.7. The third-order valence-electron chi connectivity index (χ3n) is 4.17. The lowest BCUT2D eigenvalue weighted by Gasteiger charge is -2.22. The van der Waals surface area contributed by atoms with Crippen LogP contribution in [0, 0.1) is 17.0 Å². The summed E-state index contributed by atoms with van der Waals surface area (Å²) < 4.78 is 25.6. The van der Waals surface area contributed by atoms with Crippen LogP contribution in [0.25, 0.3) is 0 Å². The third-order valence-corrected chi connectivity index (χ3v) is 6.46. The van der Waals surface area contributed by atoms with Crippen LogP contribution in [0.2, 0.25) is 0 Å². The van der Waals surface area contributed by atoms with E-state index in [2.05, 4.69) is 11.7 Å². The molecular weight excluding hydrogens is 320 g/mol. The first kappa shape index (κ1) is 17.3. The van der Waals surface area contributed by atoms with Crippen LogP contribution in [0.1, 0.15) is 48.0 Å². The summed E-state index contributed by atoms with van der Waals surface area (Å²) in [6.07, 6.45) is 3.59. The maximum Gasteiger partial charge on any atom is 0.288 e. The summed E-state index contributed by atoms with van der Waals surface area (Å²) >= 11 is 0. The van der Waals surface area contributed by atoms with Crippen LogP contribution >= 0.6 is 0 Å². The summed E-state index contributed by atoms with van der Waals surface area (Å²) in [5.41, 5.74) is -0.246. The van der Waals surface area contributed by atoms with Gasteiger partial charge in [-0.25, -0.2) is 13.4 Å². The van der Waals surface area contributed by atoms with Gasteiger partial charge in [0.2, 0.25) is 0 Å². The zero-order chi connectivity index (χ0) is 17.2. The van der Waals surface area contributed by atoms with Crippen molar-refractivity contribution in [1.82, 2.24) is 0 Å². The first-order chi connectivity index (χ1) is 10.8. The van der Waals surface area contributed by atoms with Crippen molar-refractivity contribution in [2.24, 2.45) is 4.99 Å². The third kappa shape index (κ3) is 3.31. The fourth-order valence-electron chi connectivity index (χ4n) is 2.91. The van der Waals surface area contributed by atoms with Crippen molar-refractivity contribution < 1.29 is 18.1 Å². The second-order valence-corrected chi connectivity index (χ2v) is 7.86. The first-order valence-electron chi connectivity index (χ1n) is 7.33. The van der Waals surface area contributed by atoms with Gasteiger partial charge in [-0.1, -0.05) is 19.3 Å². The van der Waals surface area contributed by atoms with E-state index in [0.717, 1.165) is 25.3 Å². The number of benzene rings is 1. The Kier molecular flexibility index (Phi) is 4.93. The van der Waals surface area contributed by atoms with E-state index in [1.165, 1.54) is 13.0 Å². The maximum absolute atomic E-state index is 12.8. The van der Waals surface area contributed by atoms with Crippen LogP contribution in [0.3, 0.4) is 0 Å². The molecule has 7 nitrogen and oxygen atoms in total. The van der Waals surface area contributed by atoms with Crippen LogP contribution in [-0.2, 0) is 9.84 Å². The number of aryl methyl sites for hydroxylation is 1. The van der Waals surface area contributed by atoms with E-state index < -0.39 is 31.6 Å². The molecule has 8 heteroatoms. The number of aliphatic imine (C=N–C) groups is 1. The number of rotatable bonds is 4. The van der Waals surface area contributed by atoms with Crippen molar-refractivity contribution in [2.75, 3.05) is 0 Å². The molecule has 23 heavy (non-hydrogen) atoms. The van der Waals surface area contributed by atoms with Gasteiger partial charge >= 0.3 is 0 Å². The van der Waals surface area contributed by atoms with Gasteiger partial charge in [-0.3, -0.25) is 14.9 Å². The van der Waals surface area contributed by atoms with Crippen molar-refractivity contribution >= 4 is 28.1 Å².